The molecule has 0 radical (unpaired) electrons. The second-order valence-electron chi connectivity index (χ2n) is 6.44. The minimum absolute atomic E-state index is 0.326. The van der Waals surface area contributed by atoms with E-state index in [9.17, 15) is 9.59 Å². The lowest BCUT2D eigenvalue weighted by Crippen LogP contribution is -2.52. The monoisotopic (exact) mass is 331 g/mol. The Bertz CT molecular complexity index is 606. The van der Waals surface area contributed by atoms with Crippen molar-refractivity contribution in [3.63, 3.8) is 0 Å². The second-order valence-corrected chi connectivity index (χ2v) is 6.44. The largest absolute Gasteiger partial charge is 0.432 e. The van der Waals surface area contributed by atoms with Crippen molar-refractivity contribution in [3.8, 4) is 0 Å². The third-order valence-electron chi connectivity index (χ3n) is 3.35. The van der Waals surface area contributed by atoms with Gasteiger partial charge in [0.2, 0.25) is 12.1 Å². The number of allylic oxidation sites excluding steroid dienone is 1. The van der Waals surface area contributed by atoms with Crippen LogP contribution in [-0.2, 0) is 20.9 Å². The van der Waals surface area contributed by atoms with Gasteiger partial charge in [-0.15, -0.1) is 0 Å². The van der Waals surface area contributed by atoms with Gasteiger partial charge in [-0.05, 0) is 13.8 Å². The summed E-state index contributed by atoms with van der Waals surface area (Å²) >= 11 is 0. The maximum absolute atomic E-state index is 11.9. The number of carbonyl (C=O) groups excluding carboxylic acids is 2. The van der Waals surface area contributed by atoms with Crippen molar-refractivity contribution in [2.45, 2.75) is 26.6 Å². The van der Waals surface area contributed by atoms with Crippen molar-refractivity contribution < 1.29 is 18.8 Å². The van der Waals surface area contributed by atoms with E-state index in [4.69, 9.17) is 4.74 Å². The molecule has 5 heteroatoms. The summed E-state index contributed by atoms with van der Waals surface area (Å²) in [4.78, 5) is 23.7. The van der Waals surface area contributed by atoms with Gasteiger partial charge < -0.3 is 14.5 Å². The molecule has 0 bridgehead atoms. The van der Waals surface area contributed by atoms with Gasteiger partial charge in [0.15, 0.2) is 0 Å². The van der Waals surface area contributed by atoms with E-state index in [1.54, 1.807) is 19.9 Å². The molecule has 1 rings (SSSR count). The number of benzene rings is 1. The summed E-state index contributed by atoms with van der Waals surface area (Å²) in [7, 11) is 4.05. The van der Waals surface area contributed by atoms with Crippen molar-refractivity contribution in [2.75, 3.05) is 20.6 Å². The minimum Gasteiger partial charge on any atom is -0.432 e. The summed E-state index contributed by atoms with van der Waals surface area (Å²) in [5.74, 6) is -0.808. The zero-order chi connectivity index (χ0) is 18.2. The van der Waals surface area contributed by atoms with Crippen molar-refractivity contribution in [1.82, 2.24) is 5.32 Å². The Hall–Kier alpha value is -2.40. The maximum atomic E-state index is 11.9. The molecule has 1 atom stereocenters. The number of amides is 1. The highest BCUT2D eigenvalue weighted by molar-refractivity contribution is 5.92. The van der Waals surface area contributed by atoms with Gasteiger partial charge in [0, 0.05) is 17.2 Å². The van der Waals surface area contributed by atoms with Gasteiger partial charge in [-0.2, -0.15) is 0 Å². The molecule has 1 aromatic rings. The topological polar surface area (TPSA) is 55.4 Å². The van der Waals surface area contributed by atoms with Crippen LogP contribution >= 0.6 is 0 Å². The summed E-state index contributed by atoms with van der Waals surface area (Å²) in [6.45, 7) is 8.16. The lowest BCUT2D eigenvalue weighted by Gasteiger charge is -2.33. The Morgan fingerprint density at radius 2 is 1.92 bits per heavy atom. The molecular weight excluding hydrogens is 304 g/mol. The van der Waals surface area contributed by atoms with Crippen molar-refractivity contribution in [3.05, 3.63) is 60.2 Å². The number of rotatable bonds is 8. The summed E-state index contributed by atoms with van der Waals surface area (Å²) in [5.41, 5.74) is 1.54. The average Bonchev–Trinajstić information content (AvgIpc) is 2.47. The fraction of sp³-hybridized carbons (Fsp3) is 0.368. The van der Waals surface area contributed by atoms with Crippen LogP contribution < -0.4 is 5.32 Å². The Labute approximate surface area is 144 Å². The van der Waals surface area contributed by atoms with Crippen LogP contribution in [0.2, 0.25) is 0 Å². The first-order valence-electron chi connectivity index (χ1n) is 7.89. The molecule has 5 nitrogen and oxygen atoms in total. The van der Waals surface area contributed by atoms with Gasteiger partial charge in [-0.25, -0.2) is 4.79 Å². The van der Waals surface area contributed by atoms with Crippen LogP contribution in [0, 0.1) is 0 Å². The summed E-state index contributed by atoms with van der Waals surface area (Å²) in [5, 5.41) is 2.72. The molecule has 0 spiro atoms. The third-order valence-corrected chi connectivity index (χ3v) is 3.35. The highest BCUT2D eigenvalue weighted by Crippen LogP contribution is 2.11. The zero-order valence-corrected chi connectivity index (χ0v) is 14.9. The summed E-state index contributed by atoms with van der Waals surface area (Å²) in [6.07, 6.45) is 2.21. The molecular formula is C19H27N2O3+. The van der Waals surface area contributed by atoms with Crippen LogP contribution in [0.1, 0.15) is 19.4 Å². The predicted molar refractivity (Wildman–Crippen MR) is 94.8 cm³/mol. The normalized spacial score (nSPS) is 12.7. The van der Waals surface area contributed by atoms with E-state index in [1.807, 2.05) is 44.4 Å². The summed E-state index contributed by atoms with van der Waals surface area (Å²) in [6, 6.07) is 10.0. The number of quaternary nitrogens is 1. The lowest BCUT2D eigenvalue weighted by molar-refractivity contribution is -0.906. The van der Waals surface area contributed by atoms with E-state index in [2.05, 4.69) is 11.9 Å². The highest BCUT2D eigenvalue weighted by atomic mass is 16.6. The third kappa shape index (κ3) is 7.24. The van der Waals surface area contributed by atoms with E-state index in [1.165, 1.54) is 11.6 Å². The fourth-order valence-corrected chi connectivity index (χ4v) is 2.29. The van der Waals surface area contributed by atoms with Crippen LogP contribution in [0.3, 0.4) is 0 Å². The van der Waals surface area contributed by atoms with Gasteiger partial charge in [0.25, 0.3) is 0 Å². The molecule has 0 aromatic heterocycles. The number of likely N-dealkylation sites (N-methyl/N-ethyl adjacent to an activating group) is 1. The van der Waals surface area contributed by atoms with E-state index >= 15 is 0 Å². The SMILES string of the molecule is C=C(C)C(=O)NC(C[N+](C)(C)Cc1ccccc1)OC(=O)C=CC. The number of carbonyl (C=O) groups is 2. The molecule has 0 aliphatic carbocycles. The Morgan fingerprint density at radius 3 is 2.46 bits per heavy atom. The molecule has 1 N–H and O–H groups in total. The first-order valence-corrected chi connectivity index (χ1v) is 7.89. The molecule has 0 fully saturated rings. The number of hydrogen-bond acceptors (Lipinski definition) is 3. The lowest BCUT2D eigenvalue weighted by atomic mass is 10.2. The van der Waals surface area contributed by atoms with Gasteiger partial charge >= 0.3 is 5.97 Å². The number of ether oxygens (including phenoxy) is 1. The van der Waals surface area contributed by atoms with Crippen molar-refractivity contribution >= 4 is 11.9 Å². The molecule has 1 amide bonds. The molecule has 0 aliphatic rings. The smallest absolute Gasteiger partial charge is 0.332 e. The maximum Gasteiger partial charge on any atom is 0.332 e. The first kappa shape index (κ1) is 19.6. The quantitative estimate of drug-likeness (QED) is 0.344. The molecule has 0 saturated heterocycles. The summed E-state index contributed by atoms with van der Waals surface area (Å²) < 4.78 is 5.92. The predicted octanol–water partition coefficient (Wildman–Crippen LogP) is 2.40. The average molecular weight is 331 g/mol. The van der Waals surface area contributed by atoms with E-state index in [-0.39, 0.29) is 5.91 Å². The molecule has 0 heterocycles. The Kier molecular flexibility index (Phi) is 7.39. The highest BCUT2D eigenvalue weighted by Gasteiger charge is 2.26. The number of nitrogens with zero attached hydrogens (tertiary/aromatic N) is 1. The van der Waals surface area contributed by atoms with Gasteiger partial charge in [-0.1, -0.05) is 43.0 Å². The minimum atomic E-state index is -0.725. The number of esters is 1. The second kappa shape index (κ2) is 9.03. The molecule has 1 aromatic carbocycles. The Morgan fingerprint density at radius 1 is 1.29 bits per heavy atom. The fourth-order valence-electron chi connectivity index (χ4n) is 2.29. The molecule has 1 unspecified atom stereocenters. The Balaban J connectivity index is 2.82. The van der Waals surface area contributed by atoms with Gasteiger partial charge in [-0.3, -0.25) is 4.79 Å². The van der Waals surface area contributed by atoms with E-state index in [0.29, 0.717) is 16.6 Å². The molecule has 24 heavy (non-hydrogen) atoms. The molecule has 130 valence electrons. The van der Waals surface area contributed by atoms with Crippen molar-refractivity contribution in [2.24, 2.45) is 0 Å². The first-order chi connectivity index (χ1) is 11.2. The van der Waals surface area contributed by atoms with Crippen LogP contribution in [-0.4, -0.2) is 43.2 Å². The van der Waals surface area contributed by atoms with Crippen LogP contribution in [0.25, 0.3) is 0 Å². The van der Waals surface area contributed by atoms with Crippen LogP contribution in [0.15, 0.2) is 54.6 Å². The molecule has 0 saturated carbocycles. The molecule has 0 aliphatic heterocycles. The zero-order valence-electron chi connectivity index (χ0n) is 14.9. The van der Waals surface area contributed by atoms with Crippen LogP contribution in [0.5, 0.6) is 0 Å². The standard InChI is InChI=1S/C19H26N2O3/c1-6-10-18(22)24-17(20-19(23)15(2)3)14-21(4,5)13-16-11-8-7-9-12-16/h6-12,17H,2,13-14H2,1,3-5H3/p+1. The van der Waals surface area contributed by atoms with E-state index in [0.717, 1.165) is 6.54 Å². The van der Waals surface area contributed by atoms with Crippen molar-refractivity contribution in [1.29, 1.82) is 0 Å². The van der Waals surface area contributed by atoms with Gasteiger partial charge in [0.1, 0.15) is 13.1 Å². The number of hydrogen-bond donors (Lipinski definition) is 1. The van der Waals surface area contributed by atoms with E-state index < -0.39 is 12.2 Å². The number of nitrogens with one attached hydrogen (secondary N) is 1. The van der Waals surface area contributed by atoms with Gasteiger partial charge in [0.05, 0.1) is 14.1 Å². The van der Waals surface area contributed by atoms with Crippen LogP contribution in [0.4, 0.5) is 0 Å².